The van der Waals surface area contributed by atoms with E-state index in [-0.39, 0.29) is 0 Å². The molecule has 0 N–H and O–H groups in total. The summed E-state index contributed by atoms with van der Waals surface area (Å²) in [4.78, 5) is 4.06. The first kappa shape index (κ1) is 9.98. The molecule has 0 amide bonds. The van der Waals surface area contributed by atoms with Crippen molar-refractivity contribution in [1.29, 1.82) is 0 Å². The van der Waals surface area contributed by atoms with E-state index in [2.05, 4.69) is 31.1 Å². The summed E-state index contributed by atoms with van der Waals surface area (Å²) in [6.45, 7) is 0. The normalized spacial score (nSPS) is 10.7. The Hall–Kier alpha value is -1.55. The van der Waals surface area contributed by atoms with Gasteiger partial charge in [-0.25, -0.2) is 4.98 Å². The van der Waals surface area contributed by atoms with Crippen LogP contribution in [0.15, 0.2) is 63.4 Å². The topological polar surface area (TPSA) is 37.6 Å². The maximum absolute atomic E-state index is 4.06. The lowest BCUT2D eigenvalue weighted by atomic mass is 10.3. The van der Waals surface area contributed by atoms with Crippen LogP contribution in [0.4, 0.5) is 11.5 Å². The summed E-state index contributed by atoms with van der Waals surface area (Å²) in [7, 11) is 0. The maximum Gasteiger partial charge on any atom is 0.175 e. The van der Waals surface area contributed by atoms with Gasteiger partial charge in [-0.15, -0.1) is 10.2 Å². The molecule has 0 aliphatic rings. The largest absolute Gasteiger partial charge is 0.236 e. The predicted molar refractivity (Wildman–Crippen MR) is 62.6 cm³/mol. The summed E-state index contributed by atoms with van der Waals surface area (Å²) in [5.41, 5.74) is 0.819. The summed E-state index contributed by atoms with van der Waals surface area (Å²) in [5.74, 6) is 0.591. The van der Waals surface area contributed by atoms with Gasteiger partial charge in [-0.3, -0.25) is 0 Å². The molecule has 4 heteroatoms. The molecule has 0 fully saturated rings. The standard InChI is InChI=1S/C11H8BrN3/c12-9-6-7-13-11(8-9)15-14-10-4-2-1-3-5-10/h1-8H. The van der Waals surface area contributed by atoms with E-state index in [0.717, 1.165) is 10.2 Å². The van der Waals surface area contributed by atoms with Crippen LogP contribution in [0.25, 0.3) is 0 Å². The molecule has 0 radical (unpaired) electrons. The van der Waals surface area contributed by atoms with Crippen molar-refractivity contribution in [2.45, 2.75) is 0 Å². The molecule has 74 valence electrons. The molecule has 1 aromatic heterocycles. The fourth-order valence-electron chi connectivity index (χ4n) is 1.05. The Kier molecular flexibility index (Phi) is 3.19. The molecule has 0 unspecified atom stereocenters. The number of pyridine rings is 1. The summed E-state index contributed by atoms with van der Waals surface area (Å²) in [6, 6.07) is 13.2. The molecular formula is C11H8BrN3. The average Bonchev–Trinajstić information content (AvgIpc) is 2.28. The Morgan fingerprint density at radius 1 is 1.00 bits per heavy atom. The third kappa shape index (κ3) is 2.95. The van der Waals surface area contributed by atoms with Gasteiger partial charge in [-0.2, -0.15) is 0 Å². The van der Waals surface area contributed by atoms with Crippen LogP contribution in [0.3, 0.4) is 0 Å². The molecule has 15 heavy (non-hydrogen) atoms. The molecule has 0 spiro atoms. The highest BCUT2D eigenvalue weighted by molar-refractivity contribution is 9.10. The van der Waals surface area contributed by atoms with Crippen LogP contribution < -0.4 is 0 Å². The number of azo groups is 1. The van der Waals surface area contributed by atoms with Crippen molar-refractivity contribution in [2.24, 2.45) is 10.2 Å². The lowest BCUT2D eigenvalue weighted by Crippen LogP contribution is -1.71. The minimum absolute atomic E-state index is 0.591. The summed E-state index contributed by atoms with van der Waals surface area (Å²) in [6.07, 6.45) is 1.68. The zero-order chi connectivity index (χ0) is 10.5. The number of benzene rings is 1. The fourth-order valence-corrected chi connectivity index (χ4v) is 1.37. The highest BCUT2D eigenvalue weighted by Gasteiger charge is 1.92. The third-order valence-electron chi connectivity index (χ3n) is 1.73. The Bertz CT molecular complexity index is 468. The molecule has 2 rings (SSSR count). The monoisotopic (exact) mass is 261 g/mol. The van der Waals surface area contributed by atoms with Crippen molar-refractivity contribution >= 4 is 27.4 Å². The van der Waals surface area contributed by atoms with Crippen molar-refractivity contribution in [3.05, 3.63) is 53.1 Å². The van der Waals surface area contributed by atoms with Crippen LogP contribution in [0.2, 0.25) is 0 Å². The predicted octanol–water partition coefficient (Wildman–Crippen LogP) is 4.26. The molecule has 1 heterocycles. The Balaban J connectivity index is 2.19. The number of hydrogen-bond acceptors (Lipinski definition) is 3. The van der Waals surface area contributed by atoms with Gasteiger partial charge in [0.25, 0.3) is 0 Å². The maximum atomic E-state index is 4.06. The van der Waals surface area contributed by atoms with Crippen molar-refractivity contribution in [1.82, 2.24) is 4.98 Å². The van der Waals surface area contributed by atoms with Crippen LogP contribution in [0.5, 0.6) is 0 Å². The molecule has 0 aliphatic carbocycles. The van der Waals surface area contributed by atoms with E-state index in [4.69, 9.17) is 0 Å². The van der Waals surface area contributed by atoms with Crippen LogP contribution in [-0.4, -0.2) is 4.98 Å². The second-order valence-corrected chi connectivity index (χ2v) is 3.78. The van der Waals surface area contributed by atoms with Gasteiger partial charge in [0.1, 0.15) is 0 Å². The molecule has 0 saturated heterocycles. The van der Waals surface area contributed by atoms with Crippen LogP contribution in [-0.2, 0) is 0 Å². The molecule has 1 aromatic carbocycles. The Morgan fingerprint density at radius 2 is 1.80 bits per heavy atom. The minimum Gasteiger partial charge on any atom is -0.236 e. The Labute approximate surface area is 96.0 Å². The van der Waals surface area contributed by atoms with Gasteiger partial charge in [0, 0.05) is 10.7 Å². The molecule has 0 saturated carbocycles. The highest BCUT2D eigenvalue weighted by Crippen LogP contribution is 2.18. The third-order valence-corrected chi connectivity index (χ3v) is 2.22. The smallest absolute Gasteiger partial charge is 0.175 e. The Morgan fingerprint density at radius 3 is 2.53 bits per heavy atom. The summed E-state index contributed by atoms with van der Waals surface area (Å²) >= 11 is 3.35. The van der Waals surface area contributed by atoms with Gasteiger partial charge in [0.05, 0.1) is 5.69 Å². The molecule has 0 bridgehead atoms. The average molecular weight is 262 g/mol. The van der Waals surface area contributed by atoms with Crippen molar-refractivity contribution in [3.8, 4) is 0 Å². The fraction of sp³-hybridized carbons (Fsp3) is 0. The molecule has 0 atom stereocenters. The van der Waals surface area contributed by atoms with Gasteiger partial charge in [0.2, 0.25) is 0 Å². The summed E-state index contributed by atoms with van der Waals surface area (Å²) in [5, 5.41) is 8.08. The summed E-state index contributed by atoms with van der Waals surface area (Å²) < 4.78 is 0.944. The highest BCUT2D eigenvalue weighted by atomic mass is 79.9. The second kappa shape index (κ2) is 4.79. The van der Waals surface area contributed by atoms with Crippen LogP contribution in [0.1, 0.15) is 0 Å². The quantitative estimate of drug-likeness (QED) is 0.745. The first-order chi connectivity index (χ1) is 7.34. The van der Waals surface area contributed by atoms with Crippen LogP contribution >= 0.6 is 15.9 Å². The zero-order valence-corrected chi connectivity index (χ0v) is 9.42. The second-order valence-electron chi connectivity index (χ2n) is 2.87. The van der Waals surface area contributed by atoms with Gasteiger partial charge in [-0.05, 0) is 24.3 Å². The van der Waals surface area contributed by atoms with E-state index in [0.29, 0.717) is 5.82 Å². The number of aromatic nitrogens is 1. The number of halogens is 1. The van der Waals surface area contributed by atoms with E-state index < -0.39 is 0 Å². The van der Waals surface area contributed by atoms with Gasteiger partial charge >= 0.3 is 0 Å². The van der Waals surface area contributed by atoms with Gasteiger partial charge in [0.15, 0.2) is 5.82 Å². The van der Waals surface area contributed by atoms with Crippen molar-refractivity contribution in [3.63, 3.8) is 0 Å². The van der Waals surface area contributed by atoms with E-state index >= 15 is 0 Å². The SMILES string of the molecule is Brc1ccnc(N=Nc2ccccc2)c1. The van der Waals surface area contributed by atoms with Gasteiger partial charge in [-0.1, -0.05) is 34.1 Å². The number of nitrogens with zero attached hydrogens (tertiary/aromatic N) is 3. The van der Waals surface area contributed by atoms with Crippen LogP contribution in [0, 0.1) is 0 Å². The van der Waals surface area contributed by atoms with E-state index in [1.165, 1.54) is 0 Å². The van der Waals surface area contributed by atoms with Crippen molar-refractivity contribution < 1.29 is 0 Å². The first-order valence-corrected chi connectivity index (χ1v) is 5.22. The first-order valence-electron chi connectivity index (χ1n) is 4.43. The number of hydrogen-bond donors (Lipinski definition) is 0. The van der Waals surface area contributed by atoms with E-state index in [1.54, 1.807) is 6.20 Å². The molecule has 3 nitrogen and oxygen atoms in total. The lowest BCUT2D eigenvalue weighted by molar-refractivity contribution is 1.15. The van der Waals surface area contributed by atoms with Crippen molar-refractivity contribution in [2.75, 3.05) is 0 Å². The number of rotatable bonds is 2. The van der Waals surface area contributed by atoms with E-state index in [1.807, 2.05) is 42.5 Å². The van der Waals surface area contributed by atoms with E-state index in [9.17, 15) is 0 Å². The zero-order valence-electron chi connectivity index (χ0n) is 7.84. The van der Waals surface area contributed by atoms with Gasteiger partial charge < -0.3 is 0 Å². The molecule has 2 aromatic rings. The molecule has 0 aliphatic heterocycles. The molecular weight excluding hydrogens is 254 g/mol. The lowest BCUT2D eigenvalue weighted by Gasteiger charge is -1.92. The minimum atomic E-state index is 0.591.